The lowest BCUT2D eigenvalue weighted by atomic mass is 9.87. The van der Waals surface area contributed by atoms with E-state index in [9.17, 15) is 37.9 Å². The lowest BCUT2D eigenvalue weighted by Crippen LogP contribution is -2.56. The van der Waals surface area contributed by atoms with Gasteiger partial charge in [-0.25, -0.2) is 32.8 Å². The molecule has 1 saturated heterocycles. The Morgan fingerprint density at radius 2 is 1.98 bits per heavy atom. The number of alkyl halides is 2. The Labute approximate surface area is 272 Å². The summed E-state index contributed by atoms with van der Waals surface area (Å²) in [4.78, 5) is 53.7. The fourth-order valence-electron chi connectivity index (χ4n) is 5.51. The van der Waals surface area contributed by atoms with Gasteiger partial charge < -0.3 is 20.1 Å². The highest BCUT2D eigenvalue weighted by atomic mass is 35.5. The molecule has 2 aliphatic rings. The number of nitriles is 1. The predicted molar refractivity (Wildman–Crippen MR) is 162 cm³/mol. The van der Waals surface area contributed by atoms with Crippen LogP contribution < -0.4 is 15.1 Å². The number of carbonyl (C=O) groups is 3. The number of β-amino-alcohol motifs (C(OH)–C–C–N with tert-alkyl or cyclic N) is 1. The number of hydrogen-bond donors (Lipinski definition) is 2. The van der Waals surface area contributed by atoms with E-state index >= 15 is 0 Å². The predicted octanol–water partition coefficient (Wildman–Crippen LogP) is 3.79. The van der Waals surface area contributed by atoms with Crippen molar-refractivity contribution >= 4 is 41.1 Å². The maximum Gasteiger partial charge on any atom is 0.327 e. The maximum absolute atomic E-state index is 14.8. The summed E-state index contributed by atoms with van der Waals surface area (Å²) in [5.74, 6) is -5.85. The van der Waals surface area contributed by atoms with Crippen LogP contribution in [0.15, 0.2) is 60.8 Å². The molecule has 2 fully saturated rings. The summed E-state index contributed by atoms with van der Waals surface area (Å²) < 4.78 is 47.3. The fourth-order valence-corrected chi connectivity index (χ4v) is 5.75. The summed E-state index contributed by atoms with van der Waals surface area (Å²) in [6.07, 6.45) is -1.44. The number of nitrogens with one attached hydrogen (secondary N) is 1. The van der Waals surface area contributed by atoms with Crippen molar-refractivity contribution < 1.29 is 37.4 Å². The molecular weight excluding hydrogens is 643 g/mol. The third-order valence-electron chi connectivity index (χ3n) is 7.64. The van der Waals surface area contributed by atoms with Gasteiger partial charge in [0.25, 0.3) is 11.8 Å². The smallest absolute Gasteiger partial charge is 0.327 e. The zero-order valence-electron chi connectivity index (χ0n) is 24.9. The van der Waals surface area contributed by atoms with Gasteiger partial charge in [-0.2, -0.15) is 5.26 Å². The third-order valence-corrected chi connectivity index (χ3v) is 7.99. The van der Waals surface area contributed by atoms with E-state index in [4.69, 9.17) is 16.3 Å². The van der Waals surface area contributed by atoms with Crippen LogP contribution in [0.25, 0.3) is 0 Å². The first-order valence-electron chi connectivity index (χ1n) is 14.5. The van der Waals surface area contributed by atoms with Gasteiger partial charge in [-0.05, 0) is 37.3 Å². The van der Waals surface area contributed by atoms with Crippen molar-refractivity contribution in [3.8, 4) is 6.07 Å². The summed E-state index contributed by atoms with van der Waals surface area (Å²) >= 11 is 6.53. The maximum atomic E-state index is 14.8. The number of aromatic nitrogens is 2. The van der Waals surface area contributed by atoms with E-state index in [0.29, 0.717) is 0 Å². The first kappa shape index (κ1) is 33.6. The van der Waals surface area contributed by atoms with Crippen molar-refractivity contribution in [2.75, 3.05) is 29.5 Å². The van der Waals surface area contributed by atoms with Gasteiger partial charge in [0.2, 0.25) is 11.9 Å². The summed E-state index contributed by atoms with van der Waals surface area (Å²) in [5, 5.41) is 22.4. The van der Waals surface area contributed by atoms with Gasteiger partial charge >= 0.3 is 6.03 Å². The topological polar surface area (TPSA) is 152 Å². The van der Waals surface area contributed by atoms with Crippen molar-refractivity contribution in [1.82, 2.24) is 20.2 Å². The van der Waals surface area contributed by atoms with Crippen LogP contribution in [0.2, 0.25) is 5.02 Å². The molecule has 12 nitrogen and oxygen atoms in total. The van der Waals surface area contributed by atoms with Crippen LogP contribution in [0.3, 0.4) is 0 Å². The SMILES string of the molecule is CCOC(O)CN1C[C@@H](C(=O)N(c2cccc(F)c2)C(C(=O)NC2CC(F)(F)C2)c2ccccc2Cl)N(c2nccc(C#N)n2)C1=O. The third kappa shape index (κ3) is 7.30. The van der Waals surface area contributed by atoms with Crippen molar-refractivity contribution in [2.24, 2.45) is 0 Å². The molecule has 1 aliphatic carbocycles. The summed E-state index contributed by atoms with van der Waals surface area (Å²) in [6.45, 7) is 1.02. The molecule has 2 heterocycles. The fraction of sp³-hybridized carbons (Fsp3) is 0.355. The van der Waals surface area contributed by atoms with E-state index in [-0.39, 0.29) is 47.6 Å². The van der Waals surface area contributed by atoms with Crippen LogP contribution >= 0.6 is 11.6 Å². The van der Waals surface area contributed by atoms with E-state index in [1.807, 2.05) is 6.07 Å². The molecule has 1 aromatic heterocycles. The highest BCUT2D eigenvalue weighted by molar-refractivity contribution is 6.31. The van der Waals surface area contributed by atoms with Crippen molar-refractivity contribution in [2.45, 2.75) is 50.1 Å². The molecule has 0 spiro atoms. The van der Waals surface area contributed by atoms with Gasteiger partial charge in [-0.15, -0.1) is 0 Å². The number of hydrogen-bond acceptors (Lipinski definition) is 8. The highest BCUT2D eigenvalue weighted by Crippen LogP contribution is 2.39. The minimum absolute atomic E-state index is 0.0478. The molecule has 1 saturated carbocycles. The Balaban J connectivity index is 1.63. The number of rotatable bonds is 11. The van der Waals surface area contributed by atoms with Crippen molar-refractivity contribution in [1.29, 1.82) is 5.26 Å². The standard InChI is InChI=1S/C31H29ClF3N7O5/c1-2-47-25(43)17-40-16-24(42(30(40)46)29-37-11-10-19(15-36)39-29)28(45)41(21-7-5-6-18(33)12-21)26(22-8-3-4-9-23(22)32)27(44)38-20-13-31(34,35)14-20/h3-12,20,24-26,43H,2,13-14,16-17H2,1H3,(H,38,44)/t24-,25?,26?/m0/s1. The van der Waals surface area contributed by atoms with Crippen LogP contribution in [-0.4, -0.2) is 81.8 Å². The number of benzene rings is 2. The zero-order valence-corrected chi connectivity index (χ0v) is 25.6. The minimum atomic E-state index is -2.96. The highest BCUT2D eigenvalue weighted by Gasteiger charge is 2.50. The average Bonchev–Trinajstić information content (AvgIpc) is 3.34. The van der Waals surface area contributed by atoms with E-state index in [2.05, 4.69) is 15.3 Å². The number of anilines is 2. The molecule has 3 aromatic rings. The van der Waals surface area contributed by atoms with Gasteiger partial charge in [0.15, 0.2) is 6.29 Å². The van der Waals surface area contributed by atoms with Crippen molar-refractivity contribution in [3.63, 3.8) is 0 Å². The molecule has 1 aliphatic heterocycles. The largest absolute Gasteiger partial charge is 0.366 e. The van der Waals surface area contributed by atoms with Crippen LogP contribution in [0.1, 0.15) is 37.1 Å². The van der Waals surface area contributed by atoms with Gasteiger partial charge in [0, 0.05) is 48.0 Å². The van der Waals surface area contributed by atoms with Crippen LogP contribution in [0.5, 0.6) is 0 Å². The first-order valence-corrected chi connectivity index (χ1v) is 14.9. The molecule has 4 amide bonds. The van der Waals surface area contributed by atoms with Gasteiger partial charge in [-0.1, -0.05) is 35.9 Å². The summed E-state index contributed by atoms with van der Waals surface area (Å²) in [5.41, 5.74) is -0.132. The Kier molecular flexibility index (Phi) is 9.94. The quantitative estimate of drug-likeness (QED) is 0.292. The van der Waals surface area contributed by atoms with Gasteiger partial charge in [0.1, 0.15) is 29.7 Å². The lowest BCUT2D eigenvalue weighted by Gasteiger charge is -2.39. The number of aliphatic hydroxyl groups excluding tert-OH is 1. The number of ether oxygens (including phenoxy) is 1. The Morgan fingerprint density at radius 3 is 2.64 bits per heavy atom. The second kappa shape index (κ2) is 13.9. The number of halogens is 4. The Hall–Kier alpha value is -4.78. The number of nitrogens with zero attached hydrogens (tertiary/aromatic N) is 6. The minimum Gasteiger partial charge on any atom is -0.366 e. The Bertz CT molecular complexity index is 1700. The number of amides is 4. The van der Waals surface area contributed by atoms with E-state index in [1.165, 1.54) is 36.5 Å². The molecule has 3 atom stereocenters. The number of carbonyl (C=O) groups excluding carboxylic acids is 3. The molecule has 2 N–H and O–H groups in total. The first-order chi connectivity index (χ1) is 22.4. The molecule has 2 unspecified atom stereocenters. The van der Waals surface area contributed by atoms with Crippen LogP contribution in [0.4, 0.5) is 29.6 Å². The van der Waals surface area contributed by atoms with E-state index in [1.54, 1.807) is 19.1 Å². The summed E-state index contributed by atoms with van der Waals surface area (Å²) in [7, 11) is 0. The van der Waals surface area contributed by atoms with Gasteiger partial charge in [-0.3, -0.25) is 14.5 Å². The molecule has 0 radical (unpaired) electrons. The average molecular weight is 672 g/mol. The molecule has 2 aromatic carbocycles. The number of aliphatic hydroxyl groups is 1. The van der Waals surface area contributed by atoms with Crippen LogP contribution in [0, 0.1) is 17.1 Å². The molecule has 47 heavy (non-hydrogen) atoms. The van der Waals surface area contributed by atoms with Gasteiger partial charge in [0.05, 0.1) is 13.1 Å². The zero-order chi connectivity index (χ0) is 33.9. The molecule has 0 bridgehead atoms. The normalized spacial score (nSPS) is 18.7. The molecule has 246 valence electrons. The second-order valence-corrected chi connectivity index (χ2v) is 11.3. The van der Waals surface area contributed by atoms with Crippen LogP contribution in [-0.2, 0) is 14.3 Å². The summed E-state index contributed by atoms with van der Waals surface area (Å²) in [6, 6.07) is 9.12. The van der Waals surface area contributed by atoms with Crippen molar-refractivity contribution in [3.05, 3.63) is 82.9 Å². The number of urea groups is 1. The second-order valence-electron chi connectivity index (χ2n) is 10.9. The molecule has 16 heteroatoms. The van der Waals surface area contributed by atoms with E-state index in [0.717, 1.165) is 26.8 Å². The molecule has 5 rings (SSSR count). The molecular formula is C31H29ClF3N7O5. The lowest BCUT2D eigenvalue weighted by molar-refractivity contribution is -0.133. The van der Waals surface area contributed by atoms with E-state index < -0.39 is 66.8 Å². The Morgan fingerprint density at radius 1 is 1.23 bits per heavy atom. The monoisotopic (exact) mass is 671 g/mol.